The highest BCUT2D eigenvalue weighted by Gasteiger charge is 2.18. The molecule has 1 atom stereocenters. The van der Waals surface area contributed by atoms with E-state index < -0.39 is 6.10 Å². The molecule has 2 aromatic carbocycles. The van der Waals surface area contributed by atoms with E-state index in [4.69, 9.17) is 9.47 Å². The Morgan fingerprint density at radius 2 is 1.78 bits per heavy atom. The van der Waals surface area contributed by atoms with Crippen LogP contribution in [0, 0.1) is 6.92 Å². The zero-order valence-electron chi connectivity index (χ0n) is 16.7. The van der Waals surface area contributed by atoms with Crippen LogP contribution < -0.4 is 14.8 Å². The smallest absolute Gasteiger partial charge is 0.265 e. The van der Waals surface area contributed by atoms with Gasteiger partial charge in [0.05, 0.1) is 6.61 Å². The summed E-state index contributed by atoms with van der Waals surface area (Å²) in [5.74, 6) is 1.39. The molecule has 1 unspecified atom stereocenters. The molecule has 0 saturated heterocycles. The van der Waals surface area contributed by atoms with Gasteiger partial charge in [-0.1, -0.05) is 45.2 Å². The van der Waals surface area contributed by atoms with Crippen molar-refractivity contribution in [1.82, 2.24) is 0 Å². The molecular weight excluding hydrogens is 338 g/mol. The van der Waals surface area contributed by atoms with Crippen LogP contribution in [0.2, 0.25) is 0 Å². The highest BCUT2D eigenvalue weighted by atomic mass is 16.5. The van der Waals surface area contributed by atoms with Gasteiger partial charge in [0.1, 0.15) is 11.5 Å². The van der Waals surface area contributed by atoms with Gasteiger partial charge in [-0.05, 0) is 61.7 Å². The molecule has 1 N–H and O–H groups in total. The summed E-state index contributed by atoms with van der Waals surface area (Å²) in [5, 5.41) is 2.92. The molecule has 0 aliphatic rings. The van der Waals surface area contributed by atoms with E-state index in [9.17, 15) is 4.79 Å². The van der Waals surface area contributed by atoms with Crippen LogP contribution >= 0.6 is 0 Å². The second-order valence-corrected chi connectivity index (χ2v) is 6.75. The van der Waals surface area contributed by atoms with Crippen LogP contribution in [0.1, 0.15) is 51.5 Å². The van der Waals surface area contributed by atoms with Gasteiger partial charge >= 0.3 is 0 Å². The quantitative estimate of drug-likeness (QED) is 0.513. The number of carbonyl (C=O) groups excluding carboxylic acids is 1. The maximum Gasteiger partial charge on any atom is 0.265 e. The minimum Gasteiger partial charge on any atom is -0.494 e. The van der Waals surface area contributed by atoms with E-state index >= 15 is 0 Å². The van der Waals surface area contributed by atoms with E-state index in [0.717, 1.165) is 30.0 Å². The fourth-order valence-corrected chi connectivity index (χ4v) is 2.75. The second kappa shape index (κ2) is 11.3. The topological polar surface area (TPSA) is 47.6 Å². The van der Waals surface area contributed by atoms with Crippen molar-refractivity contribution < 1.29 is 14.3 Å². The van der Waals surface area contributed by atoms with E-state index in [0.29, 0.717) is 12.2 Å². The molecule has 2 aromatic rings. The van der Waals surface area contributed by atoms with Crippen molar-refractivity contribution in [3.8, 4) is 11.5 Å². The lowest BCUT2D eigenvalue weighted by molar-refractivity contribution is -0.122. The summed E-state index contributed by atoms with van der Waals surface area (Å²) in [6.45, 7) is 6.87. The molecule has 0 aromatic heterocycles. The molecule has 4 nitrogen and oxygen atoms in total. The molecule has 4 heteroatoms. The monoisotopic (exact) mass is 369 g/mol. The molecule has 0 saturated carbocycles. The van der Waals surface area contributed by atoms with Crippen LogP contribution in [0.25, 0.3) is 0 Å². The summed E-state index contributed by atoms with van der Waals surface area (Å²) in [7, 11) is 0. The van der Waals surface area contributed by atoms with E-state index in [1.54, 1.807) is 0 Å². The lowest BCUT2D eigenvalue weighted by atomic mass is 10.2. The van der Waals surface area contributed by atoms with Gasteiger partial charge in [-0.2, -0.15) is 0 Å². The van der Waals surface area contributed by atoms with Crippen LogP contribution in [-0.2, 0) is 4.79 Å². The summed E-state index contributed by atoms with van der Waals surface area (Å²) in [6.07, 6.45) is 4.81. The van der Waals surface area contributed by atoms with Crippen molar-refractivity contribution in [2.24, 2.45) is 0 Å². The number of nitrogens with one attached hydrogen (secondary N) is 1. The van der Waals surface area contributed by atoms with Crippen LogP contribution in [0.4, 0.5) is 5.69 Å². The second-order valence-electron chi connectivity index (χ2n) is 6.75. The van der Waals surface area contributed by atoms with Crippen molar-refractivity contribution in [3.63, 3.8) is 0 Å². The molecule has 146 valence electrons. The van der Waals surface area contributed by atoms with Crippen molar-refractivity contribution in [2.75, 3.05) is 11.9 Å². The molecule has 27 heavy (non-hydrogen) atoms. The van der Waals surface area contributed by atoms with Crippen LogP contribution in [-0.4, -0.2) is 18.6 Å². The molecule has 2 rings (SSSR count). The number of amides is 1. The summed E-state index contributed by atoms with van der Waals surface area (Å²) in [5.41, 5.74) is 1.85. The maximum atomic E-state index is 12.5. The van der Waals surface area contributed by atoms with Crippen LogP contribution in [0.15, 0.2) is 48.5 Å². The summed E-state index contributed by atoms with van der Waals surface area (Å²) in [4.78, 5) is 12.5. The Morgan fingerprint density at radius 1 is 1.00 bits per heavy atom. The summed E-state index contributed by atoms with van der Waals surface area (Å²) < 4.78 is 11.6. The van der Waals surface area contributed by atoms with Gasteiger partial charge in [0.2, 0.25) is 0 Å². The first-order valence-corrected chi connectivity index (χ1v) is 9.89. The number of carbonyl (C=O) groups is 1. The largest absolute Gasteiger partial charge is 0.494 e. The molecule has 0 radical (unpaired) electrons. The molecule has 0 aliphatic carbocycles. The van der Waals surface area contributed by atoms with Crippen molar-refractivity contribution >= 4 is 11.6 Å². The Balaban J connectivity index is 1.84. The van der Waals surface area contributed by atoms with E-state index in [1.807, 2.05) is 62.4 Å². The fraction of sp³-hybridized carbons (Fsp3) is 0.435. The van der Waals surface area contributed by atoms with E-state index in [1.165, 1.54) is 19.3 Å². The first-order chi connectivity index (χ1) is 13.1. The normalized spacial score (nSPS) is 11.7. The van der Waals surface area contributed by atoms with Crippen molar-refractivity contribution in [3.05, 3.63) is 54.1 Å². The lowest BCUT2D eigenvalue weighted by Crippen LogP contribution is -2.32. The van der Waals surface area contributed by atoms with Gasteiger partial charge in [0.25, 0.3) is 5.91 Å². The zero-order valence-corrected chi connectivity index (χ0v) is 16.7. The average molecular weight is 370 g/mol. The minimum absolute atomic E-state index is 0.146. The Kier molecular flexibility index (Phi) is 8.69. The van der Waals surface area contributed by atoms with Gasteiger partial charge in [0, 0.05) is 5.69 Å². The Hall–Kier alpha value is -2.49. The van der Waals surface area contributed by atoms with Crippen LogP contribution in [0.5, 0.6) is 11.5 Å². The zero-order chi connectivity index (χ0) is 19.5. The number of hydrogen-bond acceptors (Lipinski definition) is 3. The predicted octanol–water partition coefficient (Wildman–Crippen LogP) is 5.75. The van der Waals surface area contributed by atoms with Gasteiger partial charge in [-0.25, -0.2) is 0 Å². The van der Waals surface area contributed by atoms with Gasteiger partial charge in [-0.3, -0.25) is 4.79 Å². The Morgan fingerprint density at radius 3 is 2.44 bits per heavy atom. The molecule has 0 heterocycles. The van der Waals surface area contributed by atoms with E-state index in [-0.39, 0.29) is 5.91 Å². The fourth-order valence-electron chi connectivity index (χ4n) is 2.75. The molecule has 0 fully saturated rings. The first-order valence-electron chi connectivity index (χ1n) is 9.89. The number of benzene rings is 2. The molecule has 0 aliphatic heterocycles. The van der Waals surface area contributed by atoms with Crippen LogP contribution in [0.3, 0.4) is 0 Å². The molecule has 1 amide bonds. The van der Waals surface area contributed by atoms with Crippen molar-refractivity contribution in [1.29, 1.82) is 0 Å². The number of ether oxygens (including phenoxy) is 2. The molecule has 0 spiro atoms. The Labute approximate surface area is 162 Å². The SMILES string of the molecule is CCCCCCOc1ccc(NC(=O)C(CC)Oc2cccc(C)c2)cc1. The number of hydrogen-bond donors (Lipinski definition) is 1. The van der Waals surface area contributed by atoms with E-state index in [2.05, 4.69) is 12.2 Å². The van der Waals surface area contributed by atoms with Gasteiger partial charge < -0.3 is 14.8 Å². The molecular formula is C23H31NO3. The number of unbranched alkanes of at least 4 members (excludes halogenated alkanes) is 3. The number of anilines is 1. The molecule has 0 bridgehead atoms. The third-order valence-corrected chi connectivity index (χ3v) is 4.32. The lowest BCUT2D eigenvalue weighted by Gasteiger charge is -2.17. The number of rotatable bonds is 11. The first kappa shape index (κ1) is 20.8. The number of aryl methyl sites for hydroxylation is 1. The third kappa shape index (κ3) is 7.33. The standard InChI is InChI=1S/C23H31NO3/c1-4-6-7-8-16-26-20-14-12-19(13-15-20)24-23(25)22(5-2)27-21-11-9-10-18(3)17-21/h9-15,17,22H,4-8,16H2,1-3H3,(H,24,25). The highest BCUT2D eigenvalue weighted by Crippen LogP contribution is 2.19. The Bertz CT molecular complexity index is 697. The maximum absolute atomic E-state index is 12.5. The van der Waals surface area contributed by atoms with Gasteiger partial charge in [0.15, 0.2) is 6.10 Å². The minimum atomic E-state index is -0.527. The summed E-state index contributed by atoms with van der Waals surface area (Å²) in [6, 6.07) is 15.2. The van der Waals surface area contributed by atoms with Gasteiger partial charge in [-0.15, -0.1) is 0 Å². The summed E-state index contributed by atoms with van der Waals surface area (Å²) >= 11 is 0. The average Bonchev–Trinajstić information content (AvgIpc) is 2.67. The predicted molar refractivity (Wildman–Crippen MR) is 111 cm³/mol. The van der Waals surface area contributed by atoms with Crippen molar-refractivity contribution in [2.45, 2.75) is 59.0 Å². The third-order valence-electron chi connectivity index (χ3n) is 4.32. The highest BCUT2D eigenvalue weighted by molar-refractivity contribution is 5.94.